The maximum absolute atomic E-state index is 12.2. The van der Waals surface area contributed by atoms with Crippen molar-refractivity contribution in [1.82, 2.24) is 4.98 Å². The van der Waals surface area contributed by atoms with Crippen LogP contribution in [0.1, 0.15) is 16.7 Å². The number of aromatic nitrogens is 1. The first-order chi connectivity index (χ1) is 10.7. The van der Waals surface area contributed by atoms with E-state index in [1.165, 1.54) is 0 Å². The number of benzene rings is 2. The van der Waals surface area contributed by atoms with Crippen LogP contribution >= 0.6 is 11.6 Å². The van der Waals surface area contributed by atoms with Crippen LogP contribution in [0.3, 0.4) is 0 Å². The van der Waals surface area contributed by atoms with Gasteiger partial charge in [0.05, 0.1) is 11.3 Å². The van der Waals surface area contributed by atoms with Gasteiger partial charge in [0.15, 0.2) is 0 Å². The van der Waals surface area contributed by atoms with Crippen molar-refractivity contribution < 1.29 is 0 Å². The summed E-state index contributed by atoms with van der Waals surface area (Å²) < 4.78 is 0. The first-order valence-electron chi connectivity index (χ1n) is 6.99. The second-order valence-corrected chi connectivity index (χ2v) is 5.36. The highest BCUT2D eigenvalue weighted by atomic mass is 35.5. The lowest BCUT2D eigenvalue weighted by Gasteiger charge is -2.05. The zero-order valence-electron chi connectivity index (χ0n) is 12.1. The second kappa shape index (κ2) is 6.16. The summed E-state index contributed by atoms with van der Waals surface area (Å²) in [5, 5.41) is 1.03. The van der Waals surface area contributed by atoms with Gasteiger partial charge in [0.1, 0.15) is 0 Å². The molecule has 0 saturated heterocycles. The van der Waals surface area contributed by atoms with Gasteiger partial charge in [-0.05, 0) is 36.2 Å². The molecule has 0 fully saturated rings. The van der Waals surface area contributed by atoms with Crippen molar-refractivity contribution in [3.05, 3.63) is 75.6 Å². The van der Waals surface area contributed by atoms with Crippen LogP contribution in [0.2, 0.25) is 0 Å². The van der Waals surface area contributed by atoms with Crippen LogP contribution in [0.15, 0.2) is 58.3 Å². The predicted molar refractivity (Wildman–Crippen MR) is 92.6 cm³/mol. The number of aliphatic imine (C=N–C) groups is 1. The largest absolute Gasteiger partial charge is 0.321 e. The van der Waals surface area contributed by atoms with Crippen LogP contribution in [-0.2, 0) is 5.88 Å². The van der Waals surface area contributed by atoms with Crippen LogP contribution < -0.4 is 5.56 Å². The smallest absolute Gasteiger partial charge is 0.257 e. The van der Waals surface area contributed by atoms with Gasteiger partial charge in [0.25, 0.3) is 5.56 Å². The molecule has 1 N–H and O–H groups in total. The Hall–Kier alpha value is -2.39. The van der Waals surface area contributed by atoms with E-state index in [1.54, 1.807) is 6.21 Å². The third-order valence-electron chi connectivity index (χ3n) is 3.66. The highest BCUT2D eigenvalue weighted by Crippen LogP contribution is 2.18. The van der Waals surface area contributed by atoms with Crippen molar-refractivity contribution in [3.8, 4) is 0 Å². The summed E-state index contributed by atoms with van der Waals surface area (Å²) >= 11 is 5.77. The van der Waals surface area contributed by atoms with Gasteiger partial charge >= 0.3 is 0 Å². The molecule has 0 amide bonds. The molecule has 22 heavy (non-hydrogen) atoms. The molecule has 4 heteroatoms. The minimum atomic E-state index is -0.127. The van der Waals surface area contributed by atoms with Gasteiger partial charge < -0.3 is 4.98 Å². The van der Waals surface area contributed by atoms with Gasteiger partial charge in [-0.1, -0.05) is 30.3 Å². The molecule has 1 aromatic heterocycles. The Morgan fingerprint density at radius 1 is 1.14 bits per heavy atom. The summed E-state index contributed by atoms with van der Waals surface area (Å²) in [5.41, 5.74) is 4.06. The lowest BCUT2D eigenvalue weighted by Crippen LogP contribution is -2.14. The molecule has 0 aliphatic carbocycles. The number of fused-ring (bicyclic) bond motifs is 1. The summed E-state index contributed by atoms with van der Waals surface area (Å²) in [6.07, 6.45) is 1.62. The zero-order valence-corrected chi connectivity index (χ0v) is 12.9. The first kappa shape index (κ1) is 14.5. The van der Waals surface area contributed by atoms with E-state index in [4.69, 9.17) is 11.6 Å². The number of para-hydroxylation sites is 1. The van der Waals surface area contributed by atoms with Gasteiger partial charge in [0, 0.05) is 23.0 Å². The summed E-state index contributed by atoms with van der Waals surface area (Å²) in [5.74, 6) is 0.480. The molecule has 0 aliphatic heterocycles. The Kier molecular flexibility index (Phi) is 4.07. The van der Waals surface area contributed by atoms with E-state index in [0.29, 0.717) is 11.4 Å². The molecule has 2 aromatic carbocycles. The average Bonchev–Trinajstić information content (AvgIpc) is 2.55. The molecule has 0 radical (unpaired) electrons. The minimum Gasteiger partial charge on any atom is -0.321 e. The van der Waals surface area contributed by atoms with Crippen molar-refractivity contribution in [1.29, 1.82) is 0 Å². The molecule has 3 rings (SSSR count). The topological polar surface area (TPSA) is 45.2 Å². The van der Waals surface area contributed by atoms with Crippen LogP contribution in [0.25, 0.3) is 10.9 Å². The molecule has 0 spiro atoms. The zero-order chi connectivity index (χ0) is 15.5. The number of nitrogens with zero attached hydrogens (tertiary/aromatic N) is 1. The summed E-state index contributed by atoms with van der Waals surface area (Å²) in [4.78, 5) is 19.5. The molecule has 0 aliphatic rings. The summed E-state index contributed by atoms with van der Waals surface area (Å²) in [6.45, 7) is 1.94. The Morgan fingerprint density at radius 2 is 1.86 bits per heavy atom. The third kappa shape index (κ3) is 2.81. The molecule has 1 heterocycles. The SMILES string of the molecule is Cc1c(C=Nc2ccc(CCl)cc2)c(=O)[nH]c2ccccc12. The van der Waals surface area contributed by atoms with Gasteiger partial charge in [-0.3, -0.25) is 9.79 Å². The number of nitrogens with one attached hydrogen (secondary N) is 1. The first-order valence-corrected chi connectivity index (χ1v) is 7.53. The van der Waals surface area contributed by atoms with Crippen molar-refractivity contribution >= 4 is 34.4 Å². The van der Waals surface area contributed by atoms with Crippen LogP contribution in [0.4, 0.5) is 5.69 Å². The number of halogens is 1. The van der Waals surface area contributed by atoms with Crippen LogP contribution in [0, 0.1) is 6.92 Å². The fourth-order valence-electron chi connectivity index (χ4n) is 2.39. The number of aromatic amines is 1. The lowest BCUT2D eigenvalue weighted by atomic mass is 10.1. The summed E-state index contributed by atoms with van der Waals surface area (Å²) in [6, 6.07) is 15.4. The van der Waals surface area contributed by atoms with E-state index in [2.05, 4.69) is 9.98 Å². The Morgan fingerprint density at radius 3 is 2.59 bits per heavy atom. The molecule has 3 nitrogen and oxygen atoms in total. The number of alkyl halides is 1. The molecule has 0 unspecified atom stereocenters. The highest BCUT2D eigenvalue weighted by molar-refractivity contribution is 6.17. The van der Waals surface area contributed by atoms with E-state index < -0.39 is 0 Å². The number of hydrogen-bond donors (Lipinski definition) is 1. The van der Waals surface area contributed by atoms with E-state index in [-0.39, 0.29) is 5.56 Å². The lowest BCUT2D eigenvalue weighted by molar-refractivity contribution is 1.26. The quantitative estimate of drug-likeness (QED) is 0.568. The predicted octanol–water partition coefficient (Wildman–Crippen LogP) is 4.33. The molecular weight excluding hydrogens is 296 g/mol. The molecule has 0 bridgehead atoms. The molecule has 3 aromatic rings. The van der Waals surface area contributed by atoms with Gasteiger partial charge in [-0.25, -0.2) is 0 Å². The number of pyridine rings is 1. The number of rotatable bonds is 3. The fourth-order valence-corrected chi connectivity index (χ4v) is 2.57. The van der Waals surface area contributed by atoms with Crippen LogP contribution in [0.5, 0.6) is 0 Å². The number of hydrogen-bond acceptors (Lipinski definition) is 2. The second-order valence-electron chi connectivity index (χ2n) is 5.10. The fraction of sp³-hybridized carbons (Fsp3) is 0.111. The normalized spacial score (nSPS) is 11.4. The molecular formula is C18H15ClN2O. The average molecular weight is 311 g/mol. The number of H-pyrrole nitrogens is 1. The van der Waals surface area contributed by atoms with Gasteiger partial charge in [0.2, 0.25) is 0 Å². The van der Waals surface area contributed by atoms with E-state index in [0.717, 1.165) is 27.7 Å². The number of aryl methyl sites for hydroxylation is 1. The van der Waals surface area contributed by atoms with Crippen LogP contribution in [-0.4, -0.2) is 11.2 Å². The van der Waals surface area contributed by atoms with Crippen molar-refractivity contribution in [2.45, 2.75) is 12.8 Å². The Balaban J connectivity index is 2.02. The maximum Gasteiger partial charge on any atom is 0.257 e. The third-order valence-corrected chi connectivity index (χ3v) is 3.97. The maximum atomic E-state index is 12.2. The van der Waals surface area contributed by atoms with E-state index in [9.17, 15) is 4.79 Å². The Bertz CT molecular complexity index is 895. The molecule has 0 saturated carbocycles. The molecule has 0 atom stereocenters. The monoisotopic (exact) mass is 310 g/mol. The summed E-state index contributed by atoms with van der Waals surface area (Å²) in [7, 11) is 0. The van der Waals surface area contributed by atoms with Gasteiger partial charge in [-0.15, -0.1) is 11.6 Å². The van der Waals surface area contributed by atoms with E-state index >= 15 is 0 Å². The minimum absolute atomic E-state index is 0.127. The highest BCUT2D eigenvalue weighted by Gasteiger charge is 2.06. The Labute approximate surface area is 133 Å². The standard InChI is InChI=1S/C18H15ClN2O/c1-12-15-4-2-3-5-17(15)21-18(22)16(12)11-20-14-8-6-13(10-19)7-9-14/h2-9,11H,10H2,1H3,(H,21,22). The van der Waals surface area contributed by atoms with Crippen molar-refractivity contribution in [2.24, 2.45) is 4.99 Å². The van der Waals surface area contributed by atoms with Crippen molar-refractivity contribution in [2.75, 3.05) is 0 Å². The van der Waals surface area contributed by atoms with Crippen molar-refractivity contribution in [3.63, 3.8) is 0 Å². The molecule has 110 valence electrons. The van der Waals surface area contributed by atoms with Gasteiger partial charge in [-0.2, -0.15) is 0 Å². The van der Waals surface area contributed by atoms with E-state index in [1.807, 2.05) is 55.5 Å².